The van der Waals surface area contributed by atoms with Gasteiger partial charge in [0, 0.05) is 0 Å². The van der Waals surface area contributed by atoms with Crippen molar-refractivity contribution >= 4 is 34.1 Å². The zero-order valence-corrected chi connectivity index (χ0v) is 10.4. The first kappa shape index (κ1) is 13.1. The Labute approximate surface area is 103 Å². The van der Waals surface area contributed by atoms with Crippen LogP contribution in [0.15, 0.2) is 24.3 Å². The van der Waals surface area contributed by atoms with Gasteiger partial charge in [0.05, 0.1) is 16.6 Å². The predicted octanol–water partition coefficient (Wildman–Crippen LogP) is 2.80. The van der Waals surface area contributed by atoms with Crippen molar-refractivity contribution in [1.82, 2.24) is 0 Å². The molecule has 0 aliphatic carbocycles. The molecule has 0 saturated carbocycles. The third-order valence-electron chi connectivity index (χ3n) is 1.71. The minimum atomic E-state index is -0.304. The van der Waals surface area contributed by atoms with Gasteiger partial charge in [0.25, 0.3) is 0 Å². The lowest BCUT2D eigenvalue weighted by molar-refractivity contribution is -0.139. The van der Waals surface area contributed by atoms with E-state index in [1.807, 2.05) is 0 Å². The Morgan fingerprint density at radius 2 is 2.06 bits per heavy atom. The third kappa shape index (κ3) is 4.28. The highest BCUT2D eigenvalue weighted by molar-refractivity contribution is 8.24. The first-order valence-electron chi connectivity index (χ1n) is 4.71. The monoisotopic (exact) mass is 258 g/mol. The molecule has 0 fully saturated rings. The molecule has 0 amide bonds. The van der Waals surface area contributed by atoms with Crippen LogP contribution in [0.1, 0.15) is 12.5 Å². The number of thioether (sulfide) groups is 1. The van der Waals surface area contributed by atoms with E-state index in [9.17, 15) is 9.18 Å². The Kier molecular flexibility index (Phi) is 5.42. The van der Waals surface area contributed by atoms with Gasteiger partial charge in [-0.15, -0.1) is 11.8 Å². The summed E-state index contributed by atoms with van der Waals surface area (Å²) >= 11 is 6.32. The second-order valence-electron chi connectivity index (χ2n) is 2.89. The zero-order chi connectivity index (χ0) is 12.0. The molecule has 16 heavy (non-hydrogen) atoms. The molecule has 0 aliphatic rings. The van der Waals surface area contributed by atoms with Gasteiger partial charge >= 0.3 is 5.97 Å². The number of carbonyl (C=O) groups excluding carboxylic acids is 1. The second kappa shape index (κ2) is 6.60. The van der Waals surface area contributed by atoms with Crippen LogP contribution < -0.4 is 0 Å². The Bertz CT molecular complexity index is 376. The molecule has 1 aromatic rings. The number of halogens is 1. The van der Waals surface area contributed by atoms with Crippen LogP contribution in [0.25, 0.3) is 0 Å². The average Bonchev–Trinajstić information content (AvgIpc) is 2.27. The fourth-order valence-electron chi connectivity index (χ4n) is 0.996. The van der Waals surface area contributed by atoms with Crippen molar-refractivity contribution in [3.63, 3.8) is 0 Å². The summed E-state index contributed by atoms with van der Waals surface area (Å²) in [5, 5.41) is 0. The number of benzene rings is 1. The summed E-state index contributed by atoms with van der Waals surface area (Å²) in [4.78, 5) is 11.1. The van der Waals surface area contributed by atoms with Crippen LogP contribution in [0, 0.1) is 5.82 Å². The van der Waals surface area contributed by atoms with E-state index in [2.05, 4.69) is 0 Å². The summed E-state index contributed by atoms with van der Waals surface area (Å²) in [5.74, 6) is -0.414. The topological polar surface area (TPSA) is 26.3 Å². The average molecular weight is 258 g/mol. The van der Waals surface area contributed by atoms with Crippen LogP contribution in [0.5, 0.6) is 0 Å². The molecular weight excluding hydrogens is 247 g/mol. The number of thiocarbonyl (C=S) groups is 1. The van der Waals surface area contributed by atoms with E-state index < -0.39 is 0 Å². The summed E-state index contributed by atoms with van der Waals surface area (Å²) < 4.78 is 18.0. The molecule has 0 spiro atoms. The molecule has 0 bridgehead atoms. The van der Waals surface area contributed by atoms with E-state index in [1.165, 1.54) is 23.9 Å². The smallest absolute Gasteiger partial charge is 0.316 e. The molecule has 0 atom stereocenters. The van der Waals surface area contributed by atoms with Crippen LogP contribution in [0.4, 0.5) is 4.39 Å². The van der Waals surface area contributed by atoms with Crippen molar-refractivity contribution in [3.8, 4) is 0 Å². The molecule has 0 aromatic heterocycles. The quantitative estimate of drug-likeness (QED) is 0.613. The Hall–Kier alpha value is -0.940. The fourth-order valence-corrected chi connectivity index (χ4v) is 1.94. The number of carbonyl (C=O) groups is 1. The van der Waals surface area contributed by atoms with E-state index in [0.717, 1.165) is 5.56 Å². The molecule has 5 heteroatoms. The fraction of sp³-hybridized carbons (Fsp3) is 0.273. The van der Waals surface area contributed by atoms with Gasteiger partial charge in [0.2, 0.25) is 0 Å². The van der Waals surface area contributed by atoms with Gasteiger partial charge < -0.3 is 4.74 Å². The standard InChI is InChI=1S/C11H11FO2S2/c1-2-14-10(13)7-16-11(15)8-3-5-9(12)6-4-8/h3-6H,2,7H2,1H3. The van der Waals surface area contributed by atoms with Crippen LogP contribution >= 0.6 is 24.0 Å². The van der Waals surface area contributed by atoms with Gasteiger partial charge in [-0.3, -0.25) is 4.79 Å². The van der Waals surface area contributed by atoms with Gasteiger partial charge in [0.1, 0.15) is 5.82 Å². The molecule has 0 unspecified atom stereocenters. The number of esters is 1. The van der Waals surface area contributed by atoms with Crippen molar-refractivity contribution in [3.05, 3.63) is 35.6 Å². The molecular formula is C11H11FO2S2. The lowest BCUT2D eigenvalue weighted by atomic mass is 10.2. The van der Waals surface area contributed by atoms with Crippen molar-refractivity contribution in [2.45, 2.75) is 6.92 Å². The van der Waals surface area contributed by atoms with Crippen LogP contribution in [0.2, 0.25) is 0 Å². The van der Waals surface area contributed by atoms with Crippen molar-refractivity contribution in [1.29, 1.82) is 0 Å². The maximum absolute atomic E-state index is 12.6. The second-order valence-corrected chi connectivity index (χ2v) is 4.54. The van der Waals surface area contributed by atoms with E-state index in [1.54, 1.807) is 19.1 Å². The Morgan fingerprint density at radius 3 is 2.62 bits per heavy atom. The Morgan fingerprint density at radius 1 is 1.44 bits per heavy atom. The van der Waals surface area contributed by atoms with E-state index in [4.69, 9.17) is 17.0 Å². The lowest BCUT2D eigenvalue weighted by Crippen LogP contribution is -2.08. The van der Waals surface area contributed by atoms with Gasteiger partial charge in [-0.05, 0) is 24.6 Å². The maximum atomic E-state index is 12.6. The molecule has 0 radical (unpaired) electrons. The summed E-state index contributed by atoms with van der Waals surface area (Å²) in [6.07, 6.45) is 0. The van der Waals surface area contributed by atoms with Crippen LogP contribution in [0.3, 0.4) is 0 Å². The lowest BCUT2D eigenvalue weighted by Gasteiger charge is -2.03. The third-order valence-corrected chi connectivity index (χ3v) is 3.17. The van der Waals surface area contributed by atoms with Gasteiger partial charge in [0.15, 0.2) is 0 Å². The van der Waals surface area contributed by atoms with Crippen LogP contribution in [-0.4, -0.2) is 22.5 Å². The summed E-state index contributed by atoms with van der Waals surface area (Å²) in [7, 11) is 0. The molecule has 0 N–H and O–H groups in total. The first-order valence-corrected chi connectivity index (χ1v) is 6.11. The first-order chi connectivity index (χ1) is 7.63. The molecule has 86 valence electrons. The van der Waals surface area contributed by atoms with Gasteiger partial charge in [-0.1, -0.05) is 24.4 Å². The zero-order valence-electron chi connectivity index (χ0n) is 8.73. The van der Waals surface area contributed by atoms with Crippen molar-refractivity contribution in [2.24, 2.45) is 0 Å². The molecule has 0 saturated heterocycles. The van der Waals surface area contributed by atoms with Crippen molar-refractivity contribution < 1.29 is 13.9 Å². The predicted molar refractivity (Wildman–Crippen MR) is 67.2 cm³/mol. The molecule has 0 aliphatic heterocycles. The summed E-state index contributed by atoms with van der Waals surface area (Å²) in [6.45, 7) is 2.11. The number of ether oxygens (including phenoxy) is 1. The molecule has 0 heterocycles. The SMILES string of the molecule is CCOC(=O)CSC(=S)c1ccc(F)cc1. The highest BCUT2D eigenvalue weighted by atomic mass is 32.2. The summed E-state index contributed by atoms with van der Waals surface area (Å²) in [5.41, 5.74) is 0.741. The minimum absolute atomic E-state index is 0.185. The number of hydrogen-bond donors (Lipinski definition) is 0. The Balaban J connectivity index is 2.47. The minimum Gasteiger partial charge on any atom is -0.465 e. The normalized spacial score (nSPS) is 9.88. The number of rotatable bonds is 4. The van der Waals surface area contributed by atoms with Gasteiger partial charge in [-0.25, -0.2) is 4.39 Å². The van der Waals surface area contributed by atoms with E-state index in [0.29, 0.717) is 10.8 Å². The number of hydrogen-bond acceptors (Lipinski definition) is 4. The van der Waals surface area contributed by atoms with Crippen molar-refractivity contribution in [2.75, 3.05) is 12.4 Å². The summed E-state index contributed by atoms with van der Waals surface area (Å²) in [6, 6.07) is 5.87. The highest BCUT2D eigenvalue weighted by Crippen LogP contribution is 2.14. The molecule has 1 rings (SSSR count). The van der Waals surface area contributed by atoms with Gasteiger partial charge in [-0.2, -0.15) is 0 Å². The van der Waals surface area contributed by atoms with E-state index >= 15 is 0 Å². The highest BCUT2D eigenvalue weighted by Gasteiger charge is 2.07. The van der Waals surface area contributed by atoms with E-state index in [-0.39, 0.29) is 17.5 Å². The molecule has 2 nitrogen and oxygen atoms in total. The molecule has 1 aromatic carbocycles. The largest absolute Gasteiger partial charge is 0.465 e. The van der Waals surface area contributed by atoms with Crippen LogP contribution in [-0.2, 0) is 9.53 Å². The maximum Gasteiger partial charge on any atom is 0.316 e.